The Morgan fingerprint density at radius 3 is 2.11 bits per heavy atom. The van der Waals surface area contributed by atoms with Crippen LogP contribution in [-0.2, 0) is 25.8 Å². The second kappa shape index (κ2) is 9.40. The van der Waals surface area contributed by atoms with E-state index in [1.165, 1.54) is 37.7 Å². The van der Waals surface area contributed by atoms with Gasteiger partial charge in [0.05, 0.1) is 0 Å². The zero-order valence-electron chi connectivity index (χ0n) is 15.3. The molecule has 2 heteroatoms. The fourth-order valence-electron chi connectivity index (χ4n) is 3.16. The molecule has 0 nitrogen and oxygen atoms in total. The molecule has 0 aliphatic carbocycles. The summed E-state index contributed by atoms with van der Waals surface area (Å²) in [7, 11) is 0.759. The molecule has 5 aromatic rings. The summed E-state index contributed by atoms with van der Waals surface area (Å²) in [6, 6.07) is 36.5. The van der Waals surface area contributed by atoms with Crippen molar-refractivity contribution in [1.82, 2.24) is 0 Å². The first-order valence-corrected chi connectivity index (χ1v) is 9.88. The Morgan fingerprint density at radius 2 is 1.37 bits per heavy atom. The first-order valence-electron chi connectivity index (χ1n) is 8.88. The average Bonchev–Trinajstić information content (AvgIpc) is 3.30. The zero-order chi connectivity index (χ0) is 17.8. The topological polar surface area (TPSA) is 0 Å². The number of aryl methyl sites for hydroxylation is 1. The van der Waals surface area contributed by atoms with Gasteiger partial charge in [0.1, 0.15) is 0 Å². The molecule has 0 fully saturated rings. The van der Waals surface area contributed by atoms with E-state index in [1.807, 2.05) is 0 Å². The molecular weight excluding hydrogens is 510 g/mol. The Bertz CT molecular complexity index is 1070. The fraction of sp³-hybridized carbons (Fsp3) is 0.0400. The molecule has 5 aromatic carbocycles. The summed E-state index contributed by atoms with van der Waals surface area (Å²) in [5, 5.41) is 8.24. The van der Waals surface area contributed by atoms with E-state index >= 15 is 0 Å². The van der Waals surface area contributed by atoms with Crippen LogP contribution in [0.15, 0.2) is 103 Å². The van der Waals surface area contributed by atoms with Gasteiger partial charge in [-0.15, -0.1) is 70.0 Å². The minimum Gasteiger partial charge on any atom is -0.168 e. The van der Waals surface area contributed by atoms with Crippen molar-refractivity contribution in [2.75, 3.05) is 0 Å². The summed E-state index contributed by atoms with van der Waals surface area (Å²) in [6.07, 6.45) is 0. The quantitative estimate of drug-likeness (QED) is 0.148. The van der Waals surface area contributed by atoms with E-state index in [0.717, 1.165) is 8.58 Å². The van der Waals surface area contributed by atoms with Crippen LogP contribution in [0, 0.1) is 6.92 Å². The molecule has 0 heterocycles. The Labute approximate surface area is 181 Å². The number of hydrogen-bond donors (Lipinski definition) is 0. The average molecular weight is 531 g/mol. The normalized spacial score (nSPS) is 10.7. The van der Waals surface area contributed by atoms with Crippen molar-refractivity contribution in [3.63, 3.8) is 0 Å². The van der Waals surface area contributed by atoms with Gasteiger partial charge >= 0.3 is 0 Å². The van der Waals surface area contributed by atoms with E-state index in [4.69, 9.17) is 0 Å². The maximum absolute atomic E-state index is 2.31. The number of benzene rings is 3. The van der Waals surface area contributed by atoms with Gasteiger partial charge in [0.15, 0.2) is 0 Å². The monoisotopic (exact) mass is 532 g/mol. The fourth-order valence-corrected chi connectivity index (χ4v) is 4.39. The van der Waals surface area contributed by atoms with Gasteiger partial charge < -0.3 is 0 Å². The third-order valence-electron chi connectivity index (χ3n) is 4.59. The van der Waals surface area contributed by atoms with Crippen molar-refractivity contribution in [2.45, 2.75) is 6.92 Å². The number of hydrogen-bond acceptors (Lipinski definition) is 0. The van der Waals surface area contributed by atoms with Crippen LogP contribution in [0.3, 0.4) is 0 Å². The molecule has 0 N–H and O–H groups in total. The third kappa shape index (κ3) is 4.92. The van der Waals surface area contributed by atoms with Gasteiger partial charge in [-0.05, 0) is 17.8 Å². The van der Waals surface area contributed by atoms with Crippen molar-refractivity contribution < 1.29 is 25.8 Å². The van der Waals surface area contributed by atoms with Crippen LogP contribution in [0.2, 0.25) is 0 Å². The molecule has 5 rings (SSSR count). The van der Waals surface area contributed by atoms with Crippen molar-refractivity contribution >= 4 is 40.7 Å². The molecule has 1 unspecified atom stereocenters. The SMILES string of the molecule is Cc1ccccc1Pc1cc2ccccc2[cH-]1.[Hf].c1ccc2[cH-]ccc2c1. The minimum atomic E-state index is 0. The molecule has 132 valence electrons. The summed E-state index contributed by atoms with van der Waals surface area (Å²) in [5.74, 6) is 0. The first kappa shape index (κ1) is 19.9. The van der Waals surface area contributed by atoms with Crippen LogP contribution in [0.4, 0.5) is 0 Å². The van der Waals surface area contributed by atoms with E-state index in [-0.39, 0.29) is 25.8 Å². The maximum atomic E-state index is 2.31. The molecule has 0 aliphatic rings. The molecule has 0 aromatic heterocycles. The Morgan fingerprint density at radius 1 is 0.704 bits per heavy atom. The largest absolute Gasteiger partial charge is 0.168 e. The molecule has 0 saturated heterocycles. The van der Waals surface area contributed by atoms with Crippen molar-refractivity contribution in [1.29, 1.82) is 0 Å². The molecule has 0 bridgehead atoms. The van der Waals surface area contributed by atoms with E-state index in [1.54, 1.807) is 0 Å². The van der Waals surface area contributed by atoms with Crippen molar-refractivity contribution in [2.24, 2.45) is 0 Å². The summed E-state index contributed by atoms with van der Waals surface area (Å²) in [4.78, 5) is 0. The van der Waals surface area contributed by atoms with Gasteiger partial charge in [-0.1, -0.05) is 45.0 Å². The van der Waals surface area contributed by atoms with Gasteiger partial charge in [0.2, 0.25) is 0 Å². The molecule has 0 spiro atoms. The standard InChI is InChI=1S/C16H14P.C9H7.Hf/c1-12-6-2-5-9-16(12)17-15-10-13-7-3-4-8-14(13)11-15;1-2-5-9-7-3-6-8(9)4-1;/h2-11,17H,1H3;1-7H;/q2*-1;. The summed E-state index contributed by atoms with van der Waals surface area (Å²) in [5.41, 5.74) is 1.39. The van der Waals surface area contributed by atoms with Crippen LogP contribution in [0.1, 0.15) is 5.56 Å². The zero-order valence-corrected chi connectivity index (χ0v) is 19.9. The molecule has 0 saturated carbocycles. The van der Waals surface area contributed by atoms with Crippen LogP contribution in [-0.4, -0.2) is 0 Å². The smallest absolute Gasteiger partial charge is 0 e. The number of rotatable bonds is 2. The molecule has 1 atom stereocenters. The van der Waals surface area contributed by atoms with Gasteiger partial charge in [0.25, 0.3) is 0 Å². The Kier molecular flexibility index (Phi) is 6.94. The summed E-state index contributed by atoms with van der Waals surface area (Å²) in [6.45, 7) is 2.19. The summed E-state index contributed by atoms with van der Waals surface area (Å²) < 4.78 is 0. The molecule has 0 amide bonds. The molecule has 0 aliphatic heterocycles. The minimum absolute atomic E-state index is 0. The van der Waals surface area contributed by atoms with E-state index in [9.17, 15) is 0 Å². The molecule has 0 radical (unpaired) electrons. The maximum Gasteiger partial charge on any atom is 0 e. The van der Waals surface area contributed by atoms with Gasteiger partial charge in [0, 0.05) is 25.8 Å². The van der Waals surface area contributed by atoms with Gasteiger partial charge in [-0.3, -0.25) is 0 Å². The summed E-state index contributed by atoms with van der Waals surface area (Å²) >= 11 is 0. The van der Waals surface area contributed by atoms with Gasteiger partial charge in [-0.25, -0.2) is 0 Å². The van der Waals surface area contributed by atoms with Crippen LogP contribution < -0.4 is 10.6 Å². The van der Waals surface area contributed by atoms with Crippen LogP contribution >= 0.6 is 8.58 Å². The molecular formula is C25H21HfP-2. The van der Waals surface area contributed by atoms with E-state index < -0.39 is 0 Å². The second-order valence-electron chi connectivity index (χ2n) is 6.47. The van der Waals surface area contributed by atoms with Crippen molar-refractivity contribution in [3.8, 4) is 0 Å². The molecule has 27 heavy (non-hydrogen) atoms. The Balaban J connectivity index is 0.000000178. The third-order valence-corrected chi connectivity index (χ3v) is 6.00. The van der Waals surface area contributed by atoms with Crippen LogP contribution in [0.25, 0.3) is 21.5 Å². The van der Waals surface area contributed by atoms with Crippen LogP contribution in [0.5, 0.6) is 0 Å². The second-order valence-corrected chi connectivity index (χ2v) is 7.83. The van der Waals surface area contributed by atoms with Gasteiger partial charge in [-0.2, -0.15) is 23.6 Å². The Hall–Kier alpha value is -1.82. The van der Waals surface area contributed by atoms with Crippen molar-refractivity contribution in [3.05, 3.63) is 109 Å². The van der Waals surface area contributed by atoms with E-state index in [2.05, 4.69) is 110 Å². The predicted molar refractivity (Wildman–Crippen MR) is 118 cm³/mol. The van der Waals surface area contributed by atoms with E-state index in [0.29, 0.717) is 0 Å². The predicted octanol–water partition coefficient (Wildman–Crippen LogP) is 6.05. The number of fused-ring (bicyclic) bond motifs is 2. The first-order chi connectivity index (χ1) is 12.8.